The minimum Gasteiger partial charge on any atom is -0.496 e. The van der Waals surface area contributed by atoms with Crippen LogP contribution < -0.4 is 10.1 Å². The Labute approximate surface area is 107 Å². The zero-order valence-electron chi connectivity index (χ0n) is 8.81. The molecule has 0 bridgehead atoms. The van der Waals surface area contributed by atoms with E-state index in [1.54, 1.807) is 12.1 Å². The van der Waals surface area contributed by atoms with Crippen LogP contribution in [0.5, 0.6) is 5.75 Å². The first kappa shape index (κ1) is 11.8. The van der Waals surface area contributed by atoms with E-state index in [2.05, 4.69) is 14.7 Å². The molecule has 0 saturated carbocycles. The molecular weight excluding hydrogens is 262 g/mol. The number of ether oxygens (including phenoxy) is 1. The molecule has 7 heteroatoms. The van der Waals surface area contributed by atoms with Gasteiger partial charge in [0.2, 0.25) is 5.13 Å². The maximum absolute atomic E-state index is 11.9. The number of rotatable bonds is 3. The minimum absolute atomic E-state index is 0.332. The molecule has 88 valence electrons. The second-order valence-corrected chi connectivity index (χ2v) is 4.26. The monoisotopic (exact) mass is 269 g/mol. The second kappa shape index (κ2) is 5.11. The third kappa shape index (κ3) is 2.72. The van der Waals surface area contributed by atoms with Crippen LogP contribution in [0.1, 0.15) is 10.4 Å². The van der Waals surface area contributed by atoms with Crippen LogP contribution in [0, 0.1) is 0 Å². The van der Waals surface area contributed by atoms with Crippen molar-refractivity contribution in [2.45, 2.75) is 0 Å². The largest absolute Gasteiger partial charge is 0.496 e. The highest BCUT2D eigenvalue weighted by Crippen LogP contribution is 2.23. The maximum Gasteiger partial charge on any atom is 0.261 e. The normalized spacial score (nSPS) is 10.0. The van der Waals surface area contributed by atoms with E-state index in [4.69, 9.17) is 16.3 Å². The number of nitrogens with one attached hydrogen (secondary N) is 1. The van der Waals surface area contributed by atoms with Gasteiger partial charge in [-0.2, -0.15) is 4.37 Å². The number of halogens is 1. The molecule has 1 heterocycles. The van der Waals surface area contributed by atoms with Gasteiger partial charge in [0.15, 0.2) is 0 Å². The standard InChI is InChI=1S/C10H8ClN3O2S/c1-16-8-3-2-6(11)4-7(8)9(15)14-10-12-5-13-17-10/h2-5H,1H3,(H,12,13,14,15). The smallest absolute Gasteiger partial charge is 0.261 e. The number of methoxy groups -OCH3 is 1. The van der Waals surface area contributed by atoms with Gasteiger partial charge < -0.3 is 4.74 Å². The van der Waals surface area contributed by atoms with E-state index in [1.165, 1.54) is 19.5 Å². The Kier molecular flexibility index (Phi) is 3.55. The first-order valence-corrected chi connectivity index (χ1v) is 5.77. The molecule has 1 aromatic heterocycles. The van der Waals surface area contributed by atoms with E-state index in [9.17, 15) is 4.79 Å². The highest BCUT2D eigenvalue weighted by Gasteiger charge is 2.14. The predicted molar refractivity (Wildman–Crippen MR) is 65.9 cm³/mol. The Bertz CT molecular complexity index is 530. The minimum atomic E-state index is -0.332. The maximum atomic E-state index is 11.9. The Morgan fingerprint density at radius 3 is 3.00 bits per heavy atom. The quantitative estimate of drug-likeness (QED) is 0.930. The number of hydrogen-bond donors (Lipinski definition) is 1. The third-order valence-corrected chi connectivity index (χ3v) is 2.80. The molecular formula is C10H8ClN3O2S. The average molecular weight is 270 g/mol. The first-order valence-electron chi connectivity index (χ1n) is 4.62. The molecule has 1 N–H and O–H groups in total. The van der Waals surface area contributed by atoms with Gasteiger partial charge in [-0.15, -0.1) is 0 Å². The van der Waals surface area contributed by atoms with Crippen LogP contribution in [0.4, 0.5) is 5.13 Å². The zero-order valence-corrected chi connectivity index (χ0v) is 10.4. The Morgan fingerprint density at radius 1 is 1.53 bits per heavy atom. The molecule has 0 aliphatic heterocycles. The zero-order chi connectivity index (χ0) is 12.3. The fraction of sp³-hybridized carbons (Fsp3) is 0.100. The van der Waals surface area contributed by atoms with Crippen molar-refractivity contribution in [2.75, 3.05) is 12.4 Å². The molecule has 0 aliphatic rings. The van der Waals surface area contributed by atoms with Gasteiger partial charge in [0.1, 0.15) is 12.1 Å². The lowest BCUT2D eigenvalue weighted by molar-refractivity contribution is 0.102. The van der Waals surface area contributed by atoms with Gasteiger partial charge in [0.25, 0.3) is 5.91 Å². The molecule has 2 aromatic rings. The van der Waals surface area contributed by atoms with Gasteiger partial charge in [-0.05, 0) is 18.2 Å². The summed E-state index contributed by atoms with van der Waals surface area (Å²) in [5.41, 5.74) is 0.357. The summed E-state index contributed by atoms with van der Waals surface area (Å²) in [6.45, 7) is 0. The SMILES string of the molecule is COc1ccc(Cl)cc1C(=O)Nc1ncns1. The van der Waals surface area contributed by atoms with Gasteiger partial charge in [0, 0.05) is 16.6 Å². The van der Waals surface area contributed by atoms with Crippen LogP contribution in [-0.2, 0) is 0 Å². The molecule has 0 spiro atoms. The van der Waals surface area contributed by atoms with Crippen molar-refractivity contribution in [3.63, 3.8) is 0 Å². The summed E-state index contributed by atoms with van der Waals surface area (Å²) in [4.78, 5) is 15.8. The number of amides is 1. The Hall–Kier alpha value is -1.66. The summed E-state index contributed by atoms with van der Waals surface area (Å²) in [5.74, 6) is 0.123. The lowest BCUT2D eigenvalue weighted by atomic mass is 10.2. The van der Waals surface area contributed by atoms with E-state index in [0.717, 1.165) is 11.5 Å². The molecule has 1 amide bonds. The van der Waals surface area contributed by atoms with Gasteiger partial charge >= 0.3 is 0 Å². The van der Waals surface area contributed by atoms with E-state index >= 15 is 0 Å². The molecule has 0 radical (unpaired) electrons. The summed E-state index contributed by atoms with van der Waals surface area (Å²) in [6, 6.07) is 4.83. The molecule has 0 fully saturated rings. The third-order valence-electron chi connectivity index (χ3n) is 1.99. The van der Waals surface area contributed by atoms with Crippen molar-refractivity contribution in [1.82, 2.24) is 9.36 Å². The van der Waals surface area contributed by atoms with Crippen LogP contribution in [-0.4, -0.2) is 22.4 Å². The summed E-state index contributed by atoms with van der Waals surface area (Å²) in [5, 5.41) is 3.50. The molecule has 5 nitrogen and oxygen atoms in total. The number of aromatic nitrogens is 2. The van der Waals surface area contributed by atoms with Crippen LogP contribution in [0.25, 0.3) is 0 Å². The van der Waals surface area contributed by atoms with Crippen molar-refractivity contribution >= 4 is 34.2 Å². The highest BCUT2D eigenvalue weighted by atomic mass is 35.5. The van der Waals surface area contributed by atoms with Gasteiger partial charge in [-0.3, -0.25) is 10.1 Å². The van der Waals surface area contributed by atoms with E-state index in [-0.39, 0.29) is 5.91 Å². The van der Waals surface area contributed by atoms with E-state index < -0.39 is 0 Å². The predicted octanol–water partition coefficient (Wildman–Crippen LogP) is 2.45. The molecule has 17 heavy (non-hydrogen) atoms. The van der Waals surface area contributed by atoms with Gasteiger partial charge in [0.05, 0.1) is 12.7 Å². The fourth-order valence-corrected chi connectivity index (χ4v) is 1.85. The molecule has 2 rings (SSSR count). The van der Waals surface area contributed by atoms with Crippen molar-refractivity contribution in [3.8, 4) is 5.75 Å². The number of nitrogens with zero attached hydrogens (tertiary/aromatic N) is 2. The van der Waals surface area contributed by atoms with Gasteiger partial charge in [-0.25, -0.2) is 4.98 Å². The topological polar surface area (TPSA) is 64.1 Å². The average Bonchev–Trinajstić information content (AvgIpc) is 2.81. The summed E-state index contributed by atoms with van der Waals surface area (Å²) in [6.07, 6.45) is 1.37. The molecule has 0 saturated heterocycles. The molecule has 0 aliphatic carbocycles. The number of hydrogen-bond acceptors (Lipinski definition) is 5. The van der Waals surface area contributed by atoms with Crippen LogP contribution >= 0.6 is 23.1 Å². The van der Waals surface area contributed by atoms with Crippen LogP contribution in [0.15, 0.2) is 24.5 Å². The van der Waals surface area contributed by atoms with Crippen molar-refractivity contribution in [2.24, 2.45) is 0 Å². The van der Waals surface area contributed by atoms with Crippen LogP contribution in [0.2, 0.25) is 5.02 Å². The Morgan fingerprint density at radius 2 is 2.35 bits per heavy atom. The van der Waals surface area contributed by atoms with E-state index in [0.29, 0.717) is 21.5 Å². The number of carbonyl (C=O) groups is 1. The van der Waals surface area contributed by atoms with Crippen molar-refractivity contribution in [1.29, 1.82) is 0 Å². The summed E-state index contributed by atoms with van der Waals surface area (Å²) in [7, 11) is 1.49. The molecule has 0 atom stereocenters. The van der Waals surface area contributed by atoms with Crippen molar-refractivity contribution in [3.05, 3.63) is 35.1 Å². The number of benzene rings is 1. The molecule has 1 aromatic carbocycles. The number of carbonyl (C=O) groups excluding carboxylic acids is 1. The number of anilines is 1. The van der Waals surface area contributed by atoms with Crippen LogP contribution in [0.3, 0.4) is 0 Å². The van der Waals surface area contributed by atoms with Crippen molar-refractivity contribution < 1.29 is 9.53 Å². The first-order chi connectivity index (χ1) is 8.20. The fourth-order valence-electron chi connectivity index (χ4n) is 1.25. The summed E-state index contributed by atoms with van der Waals surface area (Å²) < 4.78 is 8.88. The Balaban J connectivity index is 2.26. The second-order valence-electron chi connectivity index (χ2n) is 3.05. The lowest BCUT2D eigenvalue weighted by Crippen LogP contribution is -2.12. The van der Waals surface area contributed by atoms with Gasteiger partial charge in [-0.1, -0.05) is 11.6 Å². The summed E-state index contributed by atoms with van der Waals surface area (Å²) >= 11 is 6.94. The van der Waals surface area contributed by atoms with E-state index in [1.807, 2.05) is 0 Å². The molecule has 0 unspecified atom stereocenters. The highest BCUT2D eigenvalue weighted by molar-refractivity contribution is 7.09. The lowest BCUT2D eigenvalue weighted by Gasteiger charge is -2.07.